The van der Waals surface area contributed by atoms with Crippen molar-refractivity contribution < 1.29 is 18.0 Å². The summed E-state index contributed by atoms with van der Waals surface area (Å²) in [7, 11) is -3.60. The number of sulfonamides is 1. The largest absolute Gasteiger partial charge is 0.324 e. The molecule has 2 aliphatic rings. The van der Waals surface area contributed by atoms with Gasteiger partial charge in [-0.3, -0.25) is 9.59 Å². The molecule has 2 aromatic rings. The standard InChI is InChI=1S/C22H24ClN3O4S/c1-22(2)18-13-17(31(29,30)25-10-3-4-11-25)8-9-19(18)26(21(22)28)14-20(27)24-16-7-5-6-15(23)12-16/h5-9,12-13H,3-4,10-11,14H2,1-2H3,(H,24,27). The number of nitrogens with one attached hydrogen (secondary N) is 1. The number of halogens is 1. The highest BCUT2D eigenvalue weighted by molar-refractivity contribution is 7.89. The maximum atomic E-state index is 13.1. The van der Waals surface area contributed by atoms with Crippen LogP contribution in [0.3, 0.4) is 0 Å². The summed E-state index contributed by atoms with van der Waals surface area (Å²) in [6.07, 6.45) is 1.70. The number of carbonyl (C=O) groups is 2. The zero-order valence-corrected chi connectivity index (χ0v) is 19.0. The summed E-state index contributed by atoms with van der Waals surface area (Å²) >= 11 is 5.96. The first-order valence-corrected chi connectivity index (χ1v) is 11.9. The van der Waals surface area contributed by atoms with E-state index in [1.807, 2.05) is 0 Å². The molecular formula is C22H24ClN3O4S. The average Bonchev–Trinajstić information content (AvgIpc) is 3.32. The Bertz CT molecular complexity index is 1160. The lowest BCUT2D eigenvalue weighted by Gasteiger charge is -2.20. The Hall–Kier alpha value is -2.42. The zero-order valence-electron chi connectivity index (χ0n) is 17.4. The minimum absolute atomic E-state index is 0.180. The lowest BCUT2D eigenvalue weighted by atomic mass is 9.86. The Kier molecular flexibility index (Phi) is 5.57. The SMILES string of the molecule is CC1(C)C(=O)N(CC(=O)Nc2cccc(Cl)c2)c2ccc(S(=O)(=O)N3CCCC3)cc21. The van der Waals surface area contributed by atoms with E-state index in [4.69, 9.17) is 11.6 Å². The molecule has 2 aliphatic heterocycles. The van der Waals surface area contributed by atoms with E-state index in [-0.39, 0.29) is 23.3 Å². The van der Waals surface area contributed by atoms with Crippen molar-refractivity contribution in [3.8, 4) is 0 Å². The summed E-state index contributed by atoms with van der Waals surface area (Å²) in [5.74, 6) is -0.618. The second-order valence-electron chi connectivity index (χ2n) is 8.36. The molecule has 0 aromatic heterocycles. The molecule has 0 atom stereocenters. The average molecular weight is 462 g/mol. The molecule has 9 heteroatoms. The Morgan fingerprint density at radius 3 is 2.52 bits per heavy atom. The van der Waals surface area contributed by atoms with E-state index >= 15 is 0 Å². The van der Waals surface area contributed by atoms with Crippen molar-refractivity contribution in [1.29, 1.82) is 0 Å². The number of nitrogens with zero attached hydrogens (tertiary/aromatic N) is 2. The number of rotatable bonds is 5. The van der Waals surface area contributed by atoms with E-state index in [9.17, 15) is 18.0 Å². The van der Waals surface area contributed by atoms with Crippen molar-refractivity contribution in [2.75, 3.05) is 29.9 Å². The van der Waals surface area contributed by atoms with E-state index in [1.165, 1.54) is 15.3 Å². The third-order valence-corrected chi connectivity index (χ3v) is 7.95. The summed E-state index contributed by atoms with van der Waals surface area (Å²) < 4.78 is 27.4. The predicted molar refractivity (Wildman–Crippen MR) is 120 cm³/mol. The highest BCUT2D eigenvalue weighted by Crippen LogP contribution is 2.43. The van der Waals surface area contributed by atoms with Crippen LogP contribution in [0.5, 0.6) is 0 Å². The van der Waals surface area contributed by atoms with Crippen LogP contribution in [-0.4, -0.2) is 44.2 Å². The summed E-state index contributed by atoms with van der Waals surface area (Å²) in [6.45, 7) is 4.33. The number of hydrogen-bond acceptors (Lipinski definition) is 4. The number of carbonyl (C=O) groups excluding carboxylic acids is 2. The fraction of sp³-hybridized carbons (Fsp3) is 0.364. The van der Waals surface area contributed by atoms with E-state index in [0.717, 1.165) is 12.8 Å². The molecule has 2 aromatic carbocycles. The third kappa shape index (κ3) is 3.95. The van der Waals surface area contributed by atoms with Crippen LogP contribution in [0.25, 0.3) is 0 Å². The van der Waals surface area contributed by atoms with Crippen LogP contribution in [0.2, 0.25) is 5.02 Å². The number of benzene rings is 2. The molecule has 0 aliphatic carbocycles. The third-order valence-electron chi connectivity index (χ3n) is 5.82. The van der Waals surface area contributed by atoms with Crippen LogP contribution >= 0.6 is 11.6 Å². The lowest BCUT2D eigenvalue weighted by molar-refractivity contribution is -0.124. The number of amides is 2. The minimum Gasteiger partial charge on any atom is -0.324 e. The van der Waals surface area contributed by atoms with Gasteiger partial charge in [-0.1, -0.05) is 17.7 Å². The van der Waals surface area contributed by atoms with E-state index in [1.54, 1.807) is 50.2 Å². The summed E-state index contributed by atoms with van der Waals surface area (Å²) in [6, 6.07) is 11.5. The van der Waals surface area contributed by atoms with Gasteiger partial charge >= 0.3 is 0 Å². The Morgan fingerprint density at radius 2 is 1.84 bits per heavy atom. The Balaban J connectivity index is 1.61. The van der Waals surface area contributed by atoms with Gasteiger partial charge in [0.15, 0.2) is 0 Å². The molecule has 1 N–H and O–H groups in total. The monoisotopic (exact) mass is 461 g/mol. The molecule has 0 radical (unpaired) electrons. The van der Waals surface area contributed by atoms with E-state index < -0.39 is 15.4 Å². The molecular weight excluding hydrogens is 438 g/mol. The molecule has 2 amide bonds. The second-order valence-corrected chi connectivity index (χ2v) is 10.7. The van der Waals surface area contributed by atoms with Gasteiger partial charge in [-0.2, -0.15) is 4.31 Å². The molecule has 164 valence electrons. The van der Waals surface area contributed by atoms with Crippen LogP contribution in [0.15, 0.2) is 47.4 Å². The summed E-state index contributed by atoms with van der Waals surface area (Å²) in [5.41, 5.74) is 0.753. The van der Waals surface area contributed by atoms with Crippen molar-refractivity contribution in [1.82, 2.24) is 4.31 Å². The second kappa shape index (κ2) is 7.93. The van der Waals surface area contributed by atoms with E-state index in [0.29, 0.717) is 35.1 Å². The molecule has 0 saturated carbocycles. The highest BCUT2D eigenvalue weighted by Gasteiger charge is 2.45. The Labute approximate surface area is 187 Å². The normalized spacial score (nSPS) is 18.3. The molecule has 0 spiro atoms. The van der Waals surface area contributed by atoms with Crippen molar-refractivity contribution >= 4 is 44.8 Å². The molecule has 7 nitrogen and oxygen atoms in total. The van der Waals surface area contributed by atoms with Gasteiger partial charge in [-0.15, -0.1) is 0 Å². The Morgan fingerprint density at radius 1 is 1.13 bits per heavy atom. The van der Waals surface area contributed by atoms with Crippen molar-refractivity contribution in [3.05, 3.63) is 53.1 Å². The van der Waals surface area contributed by atoms with Gasteiger partial charge in [-0.25, -0.2) is 8.42 Å². The van der Waals surface area contributed by atoms with Crippen LogP contribution in [0, 0.1) is 0 Å². The van der Waals surface area contributed by atoms with Gasteiger partial charge in [-0.05, 0) is 68.7 Å². The molecule has 2 heterocycles. The first kappa shape index (κ1) is 21.8. The molecule has 1 saturated heterocycles. The molecule has 31 heavy (non-hydrogen) atoms. The van der Waals surface area contributed by atoms with Gasteiger partial charge in [0.05, 0.1) is 10.3 Å². The van der Waals surface area contributed by atoms with E-state index in [2.05, 4.69) is 5.32 Å². The molecule has 1 fully saturated rings. The predicted octanol–water partition coefficient (Wildman–Crippen LogP) is 3.39. The number of anilines is 2. The molecule has 0 bridgehead atoms. The fourth-order valence-corrected chi connectivity index (χ4v) is 5.85. The smallest absolute Gasteiger partial charge is 0.244 e. The summed E-state index contributed by atoms with van der Waals surface area (Å²) in [4.78, 5) is 27.3. The number of hydrogen-bond donors (Lipinski definition) is 1. The van der Waals surface area contributed by atoms with Crippen LogP contribution in [0.4, 0.5) is 11.4 Å². The first-order valence-electron chi connectivity index (χ1n) is 10.1. The van der Waals surface area contributed by atoms with Crippen LogP contribution in [0.1, 0.15) is 32.3 Å². The van der Waals surface area contributed by atoms with Crippen molar-refractivity contribution in [2.24, 2.45) is 0 Å². The number of fused-ring (bicyclic) bond motifs is 1. The van der Waals surface area contributed by atoms with Gasteiger partial charge in [0, 0.05) is 29.5 Å². The quantitative estimate of drug-likeness (QED) is 0.739. The van der Waals surface area contributed by atoms with Crippen LogP contribution in [-0.2, 0) is 25.0 Å². The van der Waals surface area contributed by atoms with Crippen LogP contribution < -0.4 is 10.2 Å². The van der Waals surface area contributed by atoms with Gasteiger partial charge in [0.2, 0.25) is 21.8 Å². The van der Waals surface area contributed by atoms with Gasteiger partial charge in [0.25, 0.3) is 0 Å². The van der Waals surface area contributed by atoms with Gasteiger partial charge in [0.1, 0.15) is 6.54 Å². The molecule has 0 unspecified atom stereocenters. The van der Waals surface area contributed by atoms with Gasteiger partial charge < -0.3 is 10.2 Å². The topological polar surface area (TPSA) is 86.8 Å². The summed E-state index contributed by atoms with van der Waals surface area (Å²) in [5, 5.41) is 3.24. The highest BCUT2D eigenvalue weighted by atomic mass is 35.5. The maximum Gasteiger partial charge on any atom is 0.244 e. The molecule has 4 rings (SSSR count). The fourth-order valence-electron chi connectivity index (χ4n) is 4.12. The lowest BCUT2D eigenvalue weighted by Crippen LogP contribution is -2.40. The zero-order chi connectivity index (χ0) is 22.4. The maximum absolute atomic E-state index is 13.1. The van der Waals surface area contributed by atoms with Crippen molar-refractivity contribution in [2.45, 2.75) is 37.0 Å². The minimum atomic E-state index is -3.60. The first-order chi connectivity index (χ1) is 14.6. The van der Waals surface area contributed by atoms with Crippen molar-refractivity contribution in [3.63, 3.8) is 0 Å².